The standard InChI is InChI=1S/C24H28BrClN2O3/c1-2-3-13-31-22-12-9-16(14-20(22)25)23(29)28-18-10-11-21(26)19(15-18)24(30)27-17-7-5-4-6-8-17/h9-12,14-15,17H,2-8,13H2,1H3,(H,27,30)(H,28,29). The van der Waals surface area contributed by atoms with Crippen molar-refractivity contribution in [3.8, 4) is 5.75 Å². The first-order valence-electron chi connectivity index (χ1n) is 10.8. The van der Waals surface area contributed by atoms with Crippen LogP contribution in [-0.2, 0) is 0 Å². The van der Waals surface area contributed by atoms with E-state index in [1.165, 1.54) is 6.42 Å². The molecular formula is C24H28BrClN2O3. The molecule has 0 heterocycles. The number of halogens is 2. The summed E-state index contributed by atoms with van der Waals surface area (Å²) in [5.41, 5.74) is 1.37. The number of hydrogen-bond donors (Lipinski definition) is 2. The quantitative estimate of drug-likeness (QED) is 0.396. The maximum atomic E-state index is 12.7. The molecule has 2 aromatic rings. The molecule has 0 aromatic heterocycles. The Labute approximate surface area is 197 Å². The van der Waals surface area contributed by atoms with Crippen molar-refractivity contribution < 1.29 is 14.3 Å². The van der Waals surface area contributed by atoms with E-state index in [0.717, 1.165) is 43.0 Å². The molecule has 7 heteroatoms. The minimum atomic E-state index is -0.276. The minimum Gasteiger partial charge on any atom is -0.492 e. The summed E-state index contributed by atoms with van der Waals surface area (Å²) in [6.07, 6.45) is 7.50. The van der Waals surface area contributed by atoms with Gasteiger partial charge in [0.25, 0.3) is 11.8 Å². The van der Waals surface area contributed by atoms with Gasteiger partial charge in [0.05, 0.1) is 21.7 Å². The highest BCUT2D eigenvalue weighted by Crippen LogP contribution is 2.27. The summed E-state index contributed by atoms with van der Waals surface area (Å²) in [6.45, 7) is 2.74. The molecule has 0 spiro atoms. The van der Waals surface area contributed by atoms with Crippen LogP contribution in [0.1, 0.15) is 72.6 Å². The first-order chi connectivity index (χ1) is 15.0. The van der Waals surface area contributed by atoms with Gasteiger partial charge in [-0.1, -0.05) is 44.2 Å². The predicted molar refractivity (Wildman–Crippen MR) is 128 cm³/mol. The van der Waals surface area contributed by atoms with Crippen LogP contribution in [0.5, 0.6) is 5.75 Å². The molecule has 31 heavy (non-hydrogen) atoms. The van der Waals surface area contributed by atoms with E-state index < -0.39 is 0 Å². The summed E-state index contributed by atoms with van der Waals surface area (Å²) in [5, 5.41) is 6.27. The fourth-order valence-corrected chi connectivity index (χ4v) is 4.27. The Balaban J connectivity index is 1.66. The first kappa shape index (κ1) is 23.6. The molecule has 5 nitrogen and oxygen atoms in total. The van der Waals surface area contributed by atoms with Crippen LogP contribution in [0.2, 0.25) is 5.02 Å². The van der Waals surface area contributed by atoms with E-state index in [9.17, 15) is 9.59 Å². The van der Waals surface area contributed by atoms with E-state index in [-0.39, 0.29) is 17.9 Å². The topological polar surface area (TPSA) is 67.4 Å². The molecule has 166 valence electrons. The van der Waals surface area contributed by atoms with Crippen molar-refractivity contribution in [2.75, 3.05) is 11.9 Å². The predicted octanol–water partition coefficient (Wildman–Crippen LogP) is 6.60. The maximum Gasteiger partial charge on any atom is 0.255 e. The lowest BCUT2D eigenvalue weighted by Gasteiger charge is -2.23. The molecule has 0 bridgehead atoms. The van der Waals surface area contributed by atoms with Crippen molar-refractivity contribution in [3.63, 3.8) is 0 Å². The summed E-state index contributed by atoms with van der Waals surface area (Å²) >= 11 is 9.72. The number of hydrogen-bond acceptors (Lipinski definition) is 3. The molecule has 1 saturated carbocycles. The van der Waals surface area contributed by atoms with Crippen LogP contribution < -0.4 is 15.4 Å². The summed E-state index contributed by atoms with van der Waals surface area (Å²) in [6, 6.07) is 10.3. The second kappa shape index (κ2) is 11.5. The number of carbonyl (C=O) groups is 2. The third-order valence-corrected chi connectivity index (χ3v) is 6.31. The Kier molecular flexibility index (Phi) is 8.79. The van der Waals surface area contributed by atoms with Crippen molar-refractivity contribution in [1.29, 1.82) is 0 Å². The minimum absolute atomic E-state index is 0.186. The molecule has 1 aliphatic rings. The highest BCUT2D eigenvalue weighted by atomic mass is 79.9. The van der Waals surface area contributed by atoms with Crippen LogP contribution in [0.15, 0.2) is 40.9 Å². The monoisotopic (exact) mass is 506 g/mol. The van der Waals surface area contributed by atoms with Crippen LogP contribution in [0, 0.1) is 0 Å². The number of benzene rings is 2. The Morgan fingerprint density at radius 3 is 2.58 bits per heavy atom. The molecule has 0 radical (unpaired) electrons. The smallest absolute Gasteiger partial charge is 0.255 e. The molecule has 2 amide bonds. The van der Waals surface area contributed by atoms with Crippen molar-refractivity contribution in [1.82, 2.24) is 5.32 Å². The van der Waals surface area contributed by atoms with Gasteiger partial charge in [0.1, 0.15) is 5.75 Å². The van der Waals surface area contributed by atoms with Crippen molar-refractivity contribution in [2.45, 2.75) is 57.9 Å². The number of carbonyl (C=O) groups excluding carboxylic acids is 2. The first-order valence-corrected chi connectivity index (χ1v) is 12.0. The van der Waals surface area contributed by atoms with Crippen molar-refractivity contribution in [2.24, 2.45) is 0 Å². The number of nitrogens with one attached hydrogen (secondary N) is 2. The Bertz CT molecular complexity index is 929. The van der Waals surface area contributed by atoms with Gasteiger partial charge in [-0.3, -0.25) is 9.59 Å². The van der Waals surface area contributed by atoms with Crippen LogP contribution in [0.4, 0.5) is 5.69 Å². The normalized spacial score (nSPS) is 14.2. The van der Waals surface area contributed by atoms with Gasteiger partial charge in [-0.2, -0.15) is 0 Å². The zero-order valence-electron chi connectivity index (χ0n) is 17.7. The highest BCUT2D eigenvalue weighted by Gasteiger charge is 2.19. The Morgan fingerprint density at radius 2 is 1.87 bits per heavy atom. The third-order valence-electron chi connectivity index (χ3n) is 5.36. The second-order valence-electron chi connectivity index (χ2n) is 7.80. The Morgan fingerprint density at radius 1 is 1.10 bits per heavy atom. The molecule has 2 N–H and O–H groups in total. The second-order valence-corrected chi connectivity index (χ2v) is 9.07. The van der Waals surface area contributed by atoms with Crippen LogP contribution in [0.25, 0.3) is 0 Å². The lowest BCUT2D eigenvalue weighted by Crippen LogP contribution is -2.36. The van der Waals surface area contributed by atoms with Gasteiger partial charge in [-0.15, -0.1) is 0 Å². The van der Waals surface area contributed by atoms with Crippen molar-refractivity contribution >= 4 is 45.0 Å². The molecule has 0 saturated heterocycles. The van der Waals surface area contributed by atoms with E-state index in [1.807, 2.05) is 0 Å². The highest BCUT2D eigenvalue weighted by molar-refractivity contribution is 9.10. The summed E-state index contributed by atoms with van der Waals surface area (Å²) in [7, 11) is 0. The van der Waals surface area contributed by atoms with Crippen LogP contribution in [-0.4, -0.2) is 24.5 Å². The van der Waals surface area contributed by atoms with E-state index in [4.69, 9.17) is 16.3 Å². The lowest BCUT2D eigenvalue weighted by atomic mass is 9.95. The van der Waals surface area contributed by atoms with Crippen LogP contribution >= 0.6 is 27.5 Å². The number of amides is 2. The average Bonchev–Trinajstić information content (AvgIpc) is 2.77. The largest absolute Gasteiger partial charge is 0.492 e. The van der Waals surface area contributed by atoms with E-state index >= 15 is 0 Å². The molecule has 1 aliphatic carbocycles. The van der Waals surface area contributed by atoms with E-state index in [0.29, 0.717) is 34.2 Å². The van der Waals surface area contributed by atoms with Gasteiger partial charge in [-0.05, 0) is 71.6 Å². The maximum absolute atomic E-state index is 12.7. The fraction of sp³-hybridized carbons (Fsp3) is 0.417. The molecule has 0 atom stereocenters. The summed E-state index contributed by atoms with van der Waals surface area (Å²) < 4.78 is 6.43. The fourth-order valence-electron chi connectivity index (χ4n) is 3.58. The molecular weight excluding hydrogens is 480 g/mol. The lowest BCUT2D eigenvalue weighted by molar-refractivity contribution is 0.0926. The van der Waals surface area contributed by atoms with Gasteiger partial charge in [-0.25, -0.2) is 0 Å². The Hall–Kier alpha value is -2.05. The number of rotatable bonds is 8. The summed E-state index contributed by atoms with van der Waals surface area (Å²) in [5.74, 6) is 0.226. The van der Waals surface area contributed by atoms with Crippen molar-refractivity contribution in [3.05, 3.63) is 57.0 Å². The summed E-state index contributed by atoms with van der Waals surface area (Å²) in [4.78, 5) is 25.4. The zero-order chi connectivity index (χ0) is 22.2. The van der Waals surface area contributed by atoms with Gasteiger partial charge in [0, 0.05) is 17.3 Å². The van der Waals surface area contributed by atoms with Gasteiger partial charge >= 0.3 is 0 Å². The zero-order valence-corrected chi connectivity index (χ0v) is 20.0. The number of unbranched alkanes of at least 4 members (excludes halogenated alkanes) is 1. The number of anilines is 1. The third kappa shape index (κ3) is 6.71. The molecule has 0 aliphatic heterocycles. The molecule has 1 fully saturated rings. The average molecular weight is 508 g/mol. The van der Waals surface area contributed by atoms with E-state index in [1.54, 1.807) is 36.4 Å². The van der Waals surface area contributed by atoms with Gasteiger partial charge < -0.3 is 15.4 Å². The van der Waals surface area contributed by atoms with Crippen LogP contribution in [0.3, 0.4) is 0 Å². The number of ether oxygens (including phenoxy) is 1. The SMILES string of the molecule is CCCCOc1ccc(C(=O)Nc2ccc(Cl)c(C(=O)NC3CCCCC3)c2)cc1Br. The van der Waals surface area contributed by atoms with Gasteiger partial charge in [0.15, 0.2) is 0 Å². The molecule has 3 rings (SSSR count). The molecule has 0 unspecified atom stereocenters. The molecule has 2 aromatic carbocycles. The van der Waals surface area contributed by atoms with E-state index in [2.05, 4.69) is 33.5 Å². The van der Waals surface area contributed by atoms with Gasteiger partial charge in [0.2, 0.25) is 0 Å².